The average Bonchev–Trinajstić information content (AvgIpc) is 3.28. The molecule has 0 amide bonds. The Morgan fingerprint density at radius 3 is 1.65 bits per heavy atom. The third-order valence-electron chi connectivity index (χ3n) is 14.4. The van der Waals surface area contributed by atoms with Crippen LogP contribution in [0.1, 0.15) is 107 Å². The van der Waals surface area contributed by atoms with E-state index in [0.717, 1.165) is 35.5 Å². The molecule has 2 fully saturated rings. The van der Waals surface area contributed by atoms with Crippen molar-refractivity contribution in [1.29, 1.82) is 0 Å². The molecule has 6 rings (SSSR count). The van der Waals surface area contributed by atoms with Crippen LogP contribution in [0.3, 0.4) is 0 Å². The fourth-order valence-corrected chi connectivity index (χ4v) is 21.3. The van der Waals surface area contributed by atoms with Gasteiger partial charge in [-0.3, -0.25) is 0 Å². The van der Waals surface area contributed by atoms with E-state index in [1.165, 1.54) is 10.4 Å². The zero-order valence-corrected chi connectivity index (χ0v) is 43.8. The van der Waals surface area contributed by atoms with Crippen molar-refractivity contribution in [2.45, 2.75) is 166 Å². The van der Waals surface area contributed by atoms with Crippen LogP contribution in [0, 0.1) is 5.92 Å². The quantitative estimate of drug-likeness (QED) is 0.0861. The summed E-state index contributed by atoms with van der Waals surface area (Å²) in [6.07, 6.45) is 1.06. The summed E-state index contributed by atoms with van der Waals surface area (Å²) in [4.78, 5) is 0. The summed E-state index contributed by atoms with van der Waals surface area (Å²) in [5, 5.41) is 2.32. The molecule has 0 radical (unpaired) electrons. The van der Waals surface area contributed by atoms with Gasteiger partial charge >= 0.3 is 0 Å². The van der Waals surface area contributed by atoms with Crippen LogP contribution < -0.4 is 19.8 Å². The smallest absolute Gasteiger partial charge is 0.261 e. The number of hydrogen-bond donors (Lipinski definition) is 0. The first-order valence-electron chi connectivity index (χ1n) is 24.2. The molecule has 0 N–H and O–H groups in total. The Morgan fingerprint density at radius 1 is 0.662 bits per heavy atom. The van der Waals surface area contributed by atoms with Crippen molar-refractivity contribution in [2.24, 2.45) is 5.92 Å². The van der Waals surface area contributed by atoms with Crippen LogP contribution in [0.15, 0.2) is 109 Å². The first kappa shape index (κ1) is 51.1. The van der Waals surface area contributed by atoms with Gasteiger partial charge in [0, 0.05) is 6.42 Å². The number of fused-ring (bicyclic) bond motifs is 1. The van der Waals surface area contributed by atoms with Gasteiger partial charge in [0.05, 0.1) is 65.1 Å². The Kier molecular flexibility index (Phi) is 17.4. The summed E-state index contributed by atoms with van der Waals surface area (Å²) in [5.74, 6) is 1.93. The number of rotatable bonds is 19. The Bertz CT molecular complexity index is 1960. The van der Waals surface area contributed by atoms with Gasteiger partial charge in [0.2, 0.25) is 8.32 Å². The number of hydrogen-bond acceptors (Lipinski definition) is 8. The highest BCUT2D eigenvalue weighted by Crippen LogP contribution is 2.48. The third kappa shape index (κ3) is 11.7. The Labute approximate surface area is 394 Å². The maximum Gasteiger partial charge on any atom is 0.261 e. The van der Waals surface area contributed by atoms with Crippen molar-refractivity contribution in [3.63, 3.8) is 0 Å². The number of methoxy groups -OCH3 is 2. The molecule has 8 nitrogen and oxygen atoms in total. The first-order valence-corrected chi connectivity index (χ1v) is 28.2. The molecular formula is C55H80O8Si2. The zero-order valence-electron chi connectivity index (χ0n) is 41.8. The molecule has 4 aromatic rings. The monoisotopic (exact) mass is 925 g/mol. The highest BCUT2D eigenvalue weighted by atomic mass is 28.4. The van der Waals surface area contributed by atoms with Crippen LogP contribution in [0.4, 0.5) is 0 Å². The Morgan fingerprint density at radius 2 is 1.17 bits per heavy atom. The van der Waals surface area contributed by atoms with E-state index >= 15 is 0 Å². The van der Waals surface area contributed by atoms with E-state index < -0.39 is 22.2 Å². The van der Waals surface area contributed by atoms with E-state index in [9.17, 15) is 0 Å². The lowest BCUT2D eigenvalue weighted by Crippen LogP contribution is -2.70. The molecular weight excluding hydrogens is 845 g/mol. The lowest BCUT2D eigenvalue weighted by Gasteiger charge is -2.55. The molecule has 7 atom stereocenters. The standard InChI is InChI=1S/C55H80O8Si2/c1-39(2)64(40(3)4,41(5)6)63-53-34-50-51(62-55(53,11)38-60-65(54(8,9)10,47-20-16-14-17-21-47)48-22-18-15-19-23-48)33-42(7)32-49(59-36-44-26-30-46(57-13)31-27-44)52(61-50)37-58-35-43-24-28-45(56-12)29-25-43/h14-31,39-42,49-53H,32-38H2,1-13H3/t42-,49+,50+,51-,52-,53-,55+/m1/s1. The molecule has 2 aliphatic rings. The third-order valence-corrected chi connectivity index (χ3v) is 25.5. The van der Waals surface area contributed by atoms with Gasteiger partial charge in [-0.25, -0.2) is 0 Å². The maximum atomic E-state index is 7.92. The van der Waals surface area contributed by atoms with Crippen LogP contribution in [0.5, 0.6) is 11.5 Å². The van der Waals surface area contributed by atoms with Gasteiger partial charge in [0.25, 0.3) is 8.32 Å². The molecule has 4 aromatic carbocycles. The minimum absolute atomic E-state index is 0.183. The van der Waals surface area contributed by atoms with Crippen LogP contribution in [-0.2, 0) is 41.0 Å². The molecule has 0 saturated carbocycles. The van der Waals surface area contributed by atoms with Gasteiger partial charge in [-0.05, 0) is 93.1 Å². The van der Waals surface area contributed by atoms with Crippen LogP contribution in [-0.4, -0.2) is 80.2 Å². The molecule has 2 heterocycles. The second kappa shape index (κ2) is 22.2. The molecule has 0 aromatic heterocycles. The van der Waals surface area contributed by atoms with Crippen molar-refractivity contribution in [3.8, 4) is 11.5 Å². The molecule has 0 spiro atoms. The molecule has 0 unspecified atom stereocenters. The summed E-state index contributed by atoms with van der Waals surface area (Å²) >= 11 is 0. The van der Waals surface area contributed by atoms with E-state index in [4.69, 9.17) is 37.3 Å². The summed E-state index contributed by atoms with van der Waals surface area (Å²) in [6, 6.07) is 38.0. The van der Waals surface area contributed by atoms with E-state index in [-0.39, 0.29) is 41.5 Å². The highest BCUT2D eigenvalue weighted by molar-refractivity contribution is 6.99. The van der Waals surface area contributed by atoms with Gasteiger partial charge in [-0.2, -0.15) is 0 Å². The normalized spacial score (nSPS) is 24.4. The fourth-order valence-electron chi connectivity index (χ4n) is 11.0. The minimum atomic E-state index is -2.92. The van der Waals surface area contributed by atoms with E-state index in [1.54, 1.807) is 14.2 Å². The summed E-state index contributed by atoms with van der Waals surface area (Å²) in [6.45, 7) is 27.5. The highest BCUT2D eigenvalue weighted by Gasteiger charge is 2.57. The number of ether oxygens (including phenoxy) is 6. The number of benzene rings is 4. The van der Waals surface area contributed by atoms with E-state index in [1.807, 2.05) is 24.3 Å². The molecule has 65 heavy (non-hydrogen) atoms. The van der Waals surface area contributed by atoms with Gasteiger partial charge in [-0.1, -0.05) is 154 Å². The van der Waals surface area contributed by atoms with Gasteiger partial charge in [0.1, 0.15) is 23.2 Å². The van der Waals surface area contributed by atoms with E-state index in [2.05, 4.69) is 161 Å². The lowest BCUT2D eigenvalue weighted by atomic mass is 9.83. The SMILES string of the molecule is COc1ccc(COC[C@H]2O[C@H]3C[C@@H](O[Si](C(C)C)(C(C)C)C(C)C)[C@](C)(CO[Si](c4ccccc4)(c4ccccc4)C(C)(C)C)O[C@@H]3C[C@H](C)C[C@@H]2OCc2ccc(OC)cc2)cc1. The van der Waals surface area contributed by atoms with Gasteiger partial charge in [-0.15, -0.1) is 0 Å². The van der Waals surface area contributed by atoms with E-state index in [0.29, 0.717) is 49.5 Å². The van der Waals surface area contributed by atoms with Gasteiger partial charge in [0.15, 0.2) is 0 Å². The summed E-state index contributed by atoms with van der Waals surface area (Å²) < 4.78 is 55.0. The molecule has 356 valence electrons. The lowest BCUT2D eigenvalue weighted by molar-refractivity contribution is -0.264. The second-order valence-corrected chi connectivity index (χ2v) is 30.6. The predicted octanol–water partition coefficient (Wildman–Crippen LogP) is 11.7. The van der Waals surface area contributed by atoms with Gasteiger partial charge < -0.3 is 37.3 Å². The Hall–Kier alpha value is -3.33. The molecule has 0 aliphatic carbocycles. The van der Waals surface area contributed by atoms with Crippen molar-refractivity contribution in [2.75, 3.05) is 27.4 Å². The van der Waals surface area contributed by atoms with Crippen LogP contribution in [0.2, 0.25) is 21.7 Å². The fraction of sp³-hybridized carbons (Fsp3) is 0.564. The summed E-state index contributed by atoms with van der Waals surface area (Å²) in [5.41, 5.74) is 2.54. The van der Waals surface area contributed by atoms with Crippen LogP contribution >= 0.6 is 0 Å². The summed E-state index contributed by atoms with van der Waals surface area (Å²) in [7, 11) is -1.98. The average molecular weight is 925 g/mol. The molecule has 10 heteroatoms. The van der Waals surface area contributed by atoms with Crippen molar-refractivity contribution < 1.29 is 37.3 Å². The Balaban J connectivity index is 1.37. The predicted molar refractivity (Wildman–Crippen MR) is 269 cm³/mol. The van der Waals surface area contributed by atoms with Crippen molar-refractivity contribution in [3.05, 3.63) is 120 Å². The topological polar surface area (TPSA) is 73.8 Å². The second-order valence-electron chi connectivity index (χ2n) is 20.9. The molecule has 0 bridgehead atoms. The zero-order chi connectivity index (χ0) is 47.0. The van der Waals surface area contributed by atoms with Crippen molar-refractivity contribution >= 4 is 27.0 Å². The largest absolute Gasteiger partial charge is 0.497 e. The molecule has 2 saturated heterocycles. The first-order chi connectivity index (χ1) is 30.9. The minimum Gasteiger partial charge on any atom is -0.497 e. The van der Waals surface area contributed by atoms with Crippen molar-refractivity contribution in [1.82, 2.24) is 0 Å². The molecule has 2 aliphatic heterocycles. The van der Waals surface area contributed by atoms with Crippen LogP contribution in [0.25, 0.3) is 0 Å². The maximum absolute atomic E-state index is 7.92.